The van der Waals surface area contributed by atoms with Crippen LogP contribution in [0.3, 0.4) is 0 Å². The lowest BCUT2D eigenvalue weighted by Gasteiger charge is -2.26. The summed E-state index contributed by atoms with van der Waals surface area (Å²) >= 11 is 5.91. The Morgan fingerprint density at radius 2 is 1.97 bits per heavy atom. The van der Waals surface area contributed by atoms with E-state index < -0.39 is 17.5 Å². The van der Waals surface area contributed by atoms with Crippen LogP contribution in [-0.4, -0.2) is 71.0 Å². The summed E-state index contributed by atoms with van der Waals surface area (Å²) in [4.78, 5) is 22.7. The maximum Gasteiger partial charge on any atom is 0.320 e. The third-order valence-electron chi connectivity index (χ3n) is 5.06. The molecule has 0 saturated heterocycles. The lowest BCUT2D eigenvalue weighted by molar-refractivity contribution is -0.156. The van der Waals surface area contributed by atoms with Crippen LogP contribution in [0.4, 0.5) is 15.9 Å². The van der Waals surface area contributed by atoms with Crippen molar-refractivity contribution < 1.29 is 28.5 Å². The minimum atomic E-state index is -0.636. The molecule has 0 amide bonds. The molecule has 0 aliphatic heterocycles. The minimum absolute atomic E-state index is 0.0119. The first-order chi connectivity index (χ1) is 17.4. The average molecular weight is 535 g/mol. The molecule has 9 nitrogen and oxygen atoms in total. The van der Waals surface area contributed by atoms with Crippen molar-refractivity contribution in [3.8, 4) is 11.5 Å². The SMILES string of the molecule is COc1cc2ncnc(Nc3ccc(F)c(Cl)c3)c2cc1OCCN(CC(=O)OC(C)(C)C)C[C@@H](C)O. The van der Waals surface area contributed by atoms with Crippen LogP contribution in [0, 0.1) is 5.82 Å². The van der Waals surface area contributed by atoms with E-state index in [0.29, 0.717) is 40.5 Å². The van der Waals surface area contributed by atoms with Gasteiger partial charge in [0.25, 0.3) is 0 Å². The molecule has 11 heteroatoms. The van der Waals surface area contributed by atoms with E-state index in [1.807, 2.05) is 0 Å². The Morgan fingerprint density at radius 1 is 1.22 bits per heavy atom. The molecule has 2 aromatic carbocycles. The highest BCUT2D eigenvalue weighted by molar-refractivity contribution is 6.31. The molecule has 0 saturated carbocycles. The van der Waals surface area contributed by atoms with Crippen molar-refractivity contribution >= 4 is 40.0 Å². The monoisotopic (exact) mass is 534 g/mol. The molecule has 37 heavy (non-hydrogen) atoms. The number of aromatic nitrogens is 2. The number of fused-ring (bicyclic) bond motifs is 1. The number of carbonyl (C=O) groups excluding carboxylic acids is 1. The standard InChI is InChI=1S/C26H32ClFN4O5/c1-16(33)13-32(14-24(34)37-26(2,3)4)8-9-36-23-11-18-21(12-22(23)35-5)29-15-30-25(18)31-17-6-7-20(28)19(27)10-17/h6-7,10-12,15-16,33H,8-9,13-14H2,1-5H3,(H,29,30,31)/t16-/m1/s1. The maximum atomic E-state index is 13.6. The van der Waals surface area contributed by atoms with E-state index in [9.17, 15) is 14.3 Å². The van der Waals surface area contributed by atoms with Crippen molar-refractivity contribution in [1.82, 2.24) is 14.9 Å². The van der Waals surface area contributed by atoms with E-state index in [-0.39, 0.29) is 30.7 Å². The quantitative estimate of drug-likeness (QED) is 0.342. The number of nitrogens with zero attached hydrogens (tertiary/aromatic N) is 3. The number of hydrogen-bond acceptors (Lipinski definition) is 9. The van der Waals surface area contributed by atoms with Crippen LogP contribution in [0.5, 0.6) is 11.5 Å². The Hall–Kier alpha value is -3.21. The molecule has 2 N–H and O–H groups in total. The lowest BCUT2D eigenvalue weighted by Crippen LogP contribution is -2.40. The number of aliphatic hydroxyl groups excluding tert-OH is 1. The fraction of sp³-hybridized carbons (Fsp3) is 0.423. The fourth-order valence-corrected chi connectivity index (χ4v) is 3.78. The molecule has 1 aromatic heterocycles. The lowest BCUT2D eigenvalue weighted by atomic mass is 10.2. The van der Waals surface area contributed by atoms with Crippen LogP contribution < -0.4 is 14.8 Å². The Balaban J connectivity index is 1.78. The zero-order valence-corrected chi connectivity index (χ0v) is 22.3. The van der Waals surface area contributed by atoms with Gasteiger partial charge in [0.2, 0.25) is 0 Å². The third kappa shape index (κ3) is 8.41. The summed E-state index contributed by atoms with van der Waals surface area (Å²) in [7, 11) is 1.52. The highest BCUT2D eigenvalue weighted by Crippen LogP contribution is 2.35. The number of halogens is 2. The van der Waals surface area contributed by atoms with E-state index in [1.165, 1.54) is 25.6 Å². The predicted molar refractivity (Wildman–Crippen MR) is 140 cm³/mol. The van der Waals surface area contributed by atoms with E-state index in [1.54, 1.807) is 50.8 Å². The molecular formula is C26H32ClFN4O5. The number of esters is 1. The maximum absolute atomic E-state index is 13.6. The second-order valence-electron chi connectivity index (χ2n) is 9.52. The van der Waals surface area contributed by atoms with Gasteiger partial charge >= 0.3 is 5.97 Å². The van der Waals surface area contributed by atoms with Crippen molar-refractivity contribution in [2.24, 2.45) is 0 Å². The number of benzene rings is 2. The molecular weight excluding hydrogens is 503 g/mol. The summed E-state index contributed by atoms with van der Waals surface area (Å²) in [5.41, 5.74) is 0.562. The van der Waals surface area contributed by atoms with Gasteiger partial charge in [-0.1, -0.05) is 11.6 Å². The van der Waals surface area contributed by atoms with E-state index in [4.69, 9.17) is 25.8 Å². The van der Waals surface area contributed by atoms with Crippen molar-refractivity contribution in [3.05, 3.63) is 47.5 Å². The first kappa shape index (κ1) is 28.4. The number of anilines is 2. The number of hydrogen-bond donors (Lipinski definition) is 2. The number of methoxy groups -OCH3 is 1. The number of nitrogens with one attached hydrogen (secondary N) is 1. The normalized spacial score (nSPS) is 12.5. The number of aliphatic hydroxyl groups is 1. The average Bonchev–Trinajstić information content (AvgIpc) is 2.79. The molecule has 0 fully saturated rings. The topological polar surface area (TPSA) is 106 Å². The highest BCUT2D eigenvalue weighted by Gasteiger charge is 2.20. The van der Waals surface area contributed by atoms with Crippen LogP contribution >= 0.6 is 11.6 Å². The predicted octanol–water partition coefficient (Wildman–Crippen LogP) is 4.58. The third-order valence-corrected chi connectivity index (χ3v) is 5.35. The Bertz CT molecular complexity index is 1240. The largest absolute Gasteiger partial charge is 0.493 e. The molecule has 1 atom stereocenters. The van der Waals surface area contributed by atoms with Crippen LogP contribution in [0.15, 0.2) is 36.7 Å². The van der Waals surface area contributed by atoms with Gasteiger partial charge in [-0.3, -0.25) is 9.69 Å². The van der Waals surface area contributed by atoms with E-state index in [2.05, 4.69) is 15.3 Å². The van der Waals surface area contributed by atoms with Gasteiger partial charge in [-0.15, -0.1) is 0 Å². The molecule has 0 radical (unpaired) electrons. The first-order valence-electron chi connectivity index (χ1n) is 11.7. The van der Waals surface area contributed by atoms with Gasteiger partial charge < -0.3 is 24.6 Å². The van der Waals surface area contributed by atoms with Crippen molar-refractivity contribution in [2.75, 3.05) is 38.7 Å². The van der Waals surface area contributed by atoms with Gasteiger partial charge in [-0.05, 0) is 52.0 Å². The zero-order valence-electron chi connectivity index (χ0n) is 21.5. The molecule has 200 valence electrons. The van der Waals surface area contributed by atoms with Crippen LogP contribution in [-0.2, 0) is 9.53 Å². The molecule has 0 aliphatic rings. The van der Waals surface area contributed by atoms with Crippen LogP contribution in [0.25, 0.3) is 10.9 Å². The van der Waals surface area contributed by atoms with Crippen LogP contribution in [0.1, 0.15) is 27.7 Å². The molecule has 3 aromatic rings. The highest BCUT2D eigenvalue weighted by atomic mass is 35.5. The van der Waals surface area contributed by atoms with Crippen molar-refractivity contribution in [2.45, 2.75) is 39.4 Å². The molecule has 3 rings (SSSR count). The smallest absolute Gasteiger partial charge is 0.320 e. The van der Waals surface area contributed by atoms with Crippen molar-refractivity contribution in [3.63, 3.8) is 0 Å². The summed E-state index contributed by atoms with van der Waals surface area (Å²) in [6.07, 6.45) is 0.767. The Labute approximate surface area is 220 Å². The molecule has 1 heterocycles. The van der Waals surface area contributed by atoms with Gasteiger partial charge in [-0.25, -0.2) is 14.4 Å². The summed E-state index contributed by atoms with van der Waals surface area (Å²) in [5.74, 6) is 0.484. The fourth-order valence-electron chi connectivity index (χ4n) is 3.60. The molecule has 0 spiro atoms. The molecule has 0 unspecified atom stereocenters. The summed E-state index contributed by atoms with van der Waals surface area (Å²) in [6, 6.07) is 7.75. The van der Waals surface area contributed by atoms with E-state index >= 15 is 0 Å². The summed E-state index contributed by atoms with van der Waals surface area (Å²) in [6.45, 7) is 7.92. The van der Waals surface area contributed by atoms with Gasteiger partial charge in [0.15, 0.2) is 11.5 Å². The second-order valence-corrected chi connectivity index (χ2v) is 9.92. The van der Waals surface area contributed by atoms with Crippen molar-refractivity contribution in [1.29, 1.82) is 0 Å². The summed E-state index contributed by atoms with van der Waals surface area (Å²) in [5, 5.41) is 13.6. The summed E-state index contributed by atoms with van der Waals surface area (Å²) < 4.78 is 30.5. The number of ether oxygens (including phenoxy) is 3. The number of rotatable bonds is 11. The minimum Gasteiger partial charge on any atom is -0.493 e. The van der Waals surface area contributed by atoms with Gasteiger partial charge in [0.1, 0.15) is 30.2 Å². The van der Waals surface area contributed by atoms with Crippen LogP contribution in [0.2, 0.25) is 5.02 Å². The van der Waals surface area contributed by atoms with Gasteiger partial charge in [0.05, 0.1) is 30.3 Å². The van der Waals surface area contributed by atoms with E-state index in [0.717, 1.165) is 0 Å². The first-order valence-corrected chi connectivity index (χ1v) is 12.1. The van der Waals surface area contributed by atoms with Gasteiger partial charge in [0, 0.05) is 30.2 Å². The Kier molecular flexibility index (Phi) is 9.47. The number of carbonyl (C=O) groups is 1. The van der Waals surface area contributed by atoms with Gasteiger partial charge in [-0.2, -0.15) is 0 Å². The molecule has 0 aliphatic carbocycles. The second kappa shape index (κ2) is 12.4. The zero-order chi connectivity index (χ0) is 27.2. The molecule has 0 bridgehead atoms. The Morgan fingerprint density at radius 3 is 2.62 bits per heavy atom.